The lowest BCUT2D eigenvalue weighted by molar-refractivity contribution is 0.415. The molecule has 122 valence electrons. The molecule has 3 aromatic rings. The summed E-state index contributed by atoms with van der Waals surface area (Å²) in [6, 6.07) is 10.7. The van der Waals surface area contributed by atoms with Crippen LogP contribution in [0, 0.1) is 11.6 Å². The highest BCUT2D eigenvalue weighted by atomic mass is 19.1. The molecule has 0 bridgehead atoms. The molecule has 0 atom stereocenters. The maximum absolute atomic E-state index is 13.7. The van der Waals surface area contributed by atoms with Crippen LogP contribution in [-0.2, 0) is 0 Å². The van der Waals surface area contributed by atoms with Crippen LogP contribution in [0.5, 0.6) is 5.75 Å². The highest BCUT2D eigenvalue weighted by molar-refractivity contribution is 5.59. The average Bonchev–Trinajstić information content (AvgIpc) is 2.59. The van der Waals surface area contributed by atoms with Crippen LogP contribution in [0.1, 0.15) is 0 Å². The van der Waals surface area contributed by atoms with Gasteiger partial charge in [0.05, 0.1) is 13.3 Å². The van der Waals surface area contributed by atoms with E-state index in [1.165, 1.54) is 12.3 Å². The van der Waals surface area contributed by atoms with Crippen molar-refractivity contribution in [2.24, 2.45) is 0 Å². The number of nitrogens with zero attached hydrogens (tertiary/aromatic N) is 3. The van der Waals surface area contributed by atoms with Crippen LogP contribution in [0.3, 0.4) is 0 Å². The first-order valence-electron chi connectivity index (χ1n) is 6.97. The Labute approximate surface area is 136 Å². The summed E-state index contributed by atoms with van der Waals surface area (Å²) in [7, 11) is 1.58. The standard InChI is InChI=1S/C16H13F2N5O/c1-24-11-7-5-10(6-8-11)20-16-22-14(9-19-23-16)21-15-12(17)3-2-4-13(15)18/h2-9H,1H3,(H2,20,21,22,23). The number of para-hydroxylation sites is 1. The number of nitrogens with one attached hydrogen (secondary N) is 2. The minimum atomic E-state index is -0.724. The van der Waals surface area contributed by atoms with Crippen molar-refractivity contribution in [2.45, 2.75) is 0 Å². The topological polar surface area (TPSA) is 72.0 Å². The molecule has 3 rings (SSSR count). The molecule has 6 nitrogen and oxygen atoms in total. The zero-order valence-corrected chi connectivity index (χ0v) is 12.6. The van der Waals surface area contributed by atoms with Gasteiger partial charge in [-0.3, -0.25) is 0 Å². The van der Waals surface area contributed by atoms with Gasteiger partial charge in [-0.05, 0) is 36.4 Å². The minimum Gasteiger partial charge on any atom is -0.497 e. The van der Waals surface area contributed by atoms with Gasteiger partial charge in [-0.15, -0.1) is 5.10 Å². The van der Waals surface area contributed by atoms with E-state index in [2.05, 4.69) is 25.8 Å². The van der Waals surface area contributed by atoms with E-state index < -0.39 is 11.6 Å². The molecule has 2 N–H and O–H groups in total. The third kappa shape index (κ3) is 3.54. The second-order valence-electron chi connectivity index (χ2n) is 4.74. The first-order chi connectivity index (χ1) is 11.7. The molecule has 0 saturated heterocycles. The predicted molar refractivity (Wildman–Crippen MR) is 85.7 cm³/mol. The Kier molecular flexibility index (Phi) is 4.46. The molecular weight excluding hydrogens is 316 g/mol. The number of hydrogen-bond acceptors (Lipinski definition) is 6. The molecule has 0 spiro atoms. The van der Waals surface area contributed by atoms with Crippen molar-refractivity contribution in [1.82, 2.24) is 15.2 Å². The van der Waals surface area contributed by atoms with E-state index in [0.29, 0.717) is 11.4 Å². The van der Waals surface area contributed by atoms with Gasteiger partial charge in [0.15, 0.2) is 5.82 Å². The summed E-state index contributed by atoms with van der Waals surface area (Å²) in [4.78, 5) is 4.13. The summed E-state index contributed by atoms with van der Waals surface area (Å²) in [6.07, 6.45) is 1.27. The van der Waals surface area contributed by atoms with E-state index in [1.54, 1.807) is 31.4 Å². The fraction of sp³-hybridized carbons (Fsp3) is 0.0625. The smallest absolute Gasteiger partial charge is 0.249 e. The van der Waals surface area contributed by atoms with Gasteiger partial charge in [0.2, 0.25) is 5.95 Å². The maximum Gasteiger partial charge on any atom is 0.249 e. The van der Waals surface area contributed by atoms with Crippen molar-refractivity contribution in [3.05, 3.63) is 60.3 Å². The van der Waals surface area contributed by atoms with Gasteiger partial charge < -0.3 is 15.4 Å². The molecule has 0 unspecified atom stereocenters. The zero-order valence-electron chi connectivity index (χ0n) is 12.6. The molecule has 0 aliphatic rings. The second-order valence-corrected chi connectivity index (χ2v) is 4.74. The normalized spacial score (nSPS) is 10.3. The molecule has 2 aromatic carbocycles. The third-order valence-corrected chi connectivity index (χ3v) is 3.12. The highest BCUT2D eigenvalue weighted by Gasteiger charge is 2.10. The molecule has 1 aromatic heterocycles. The Morgan fingerprint density at radius 1 is 0.958 bits per heavy atom. The monoisotopic (exact) mass is 329 g/mol. The van der Waals surface area contributed by atoms with E-state index >= 15 is 0 Å². The Morgan fingerprint density at radius 2 is 1.67 bits per heavy atom. The fourth-order valence-electron chi connectivity index (χ4n) is 1.97. The van der Waals surface area contributed by atoms with Crippen molar-refractivity contribution < 1.29 is 13.5 Å². The number of rotatable bonds is 5. The minimum absolute atomic E-state index is 0.157. The van der Waals surface area contributed by atoms with Gasteiger partial charge in [-0.25, -0.2) is 8.78 Å². The summed E-state index contributed by atoms with van der Waals surface area (Å²) < 4.78 is 32.4. The number of anilines is 4. The molecule has 0 saturated carbocycles. The molecular formula is C16H13F2N5O. The van der Waals surface area contributed by atoms with Gasteiger partial charge in [0, 0.05) is 5.69 Å². The number of halogens is 2. The molecule has 0 amide bonds. The van der Waals surface area contributed by atoms with Gasteiger partial charge in [-0.2, -0.15) is 10.1 Å². The second kappa shape index (κ2) is 6.86. The Morgan fingerprint density at radius 3 is 2.33 bits per heavy atom. The maximum atomic E-state index is 13.7. The van der Waals surface area contributed by atoms with Crippen molar-refractivity contribution in [3.63, 3.8) is 0 Å². The SMILES string of the molecule is COc1ccc(Nc2nncc(Nc3c(F)cccc3F)n2)cc1. The summed E-state index contributed by atoms with van der Waals surface area (Å²) in [5.41, 5.74) is 0.417. The van der Waals surface area contributed by atoms with Crippen molar-refractivity contribution in [2.75, 3.05) is 17.7 Å². The number of ether oxygens (including phenoxy) is 1. The van der Waals surface area contributed by atoms with Crippen molar-refractivity contribution in [3.8, 4) is 5.75 Å². The summed E-state index contributed by atoms with van der Waals surface area (Å²) in [5, 5.41) is 13.1. The van der Waals surface area contributed by atoms with Crippen LogP contribution >= 0.6 is 0 Å². The Bertz CT molecular complexity index is 822. The molecule has 8 heteroatoms. The molecule has 1 heterocycles. The molecule has 0 aliphatic heterocycles. The van der Waals surface area contributed by atoms with Crippen LogP contribution in [0.2, 0.25) is 0 Å². The van der Waals surface area contributed by atoms with Crippen molar-refractivity contribution in [1.29, 1.82) is 0 Å². The van der Waals surface area contributed by atoms with Crippen LogP contribution in [0.4, 0.5) is 31.9 Å². The van der Waals surface area contributed by atoms with E-state index in [0.717, 1.165) is 12.1 Å². The van der Waals surface area contributed by atoms with Crippen LogP contribution in [-0.4, -0.2) is 22.3 Å². The zero-order chi connectivity index (χ0) is 16.9. The molecule has 24 heavy (non-hydrogen) atoms. The largest absolute Gasteiger partial charge is 0.497 e. The molecule has 0 radical (unpaired) electrons. The van der Waals surface area contributed by atoms with E-state index in [4.69, 9.17) is 4.74 Å². The van der Waals surface area contributed by atoms with Crippen molar-refractivity contribution >= 4 is 23.1 Å². The van der Waals surface area contributed by atoms with E-state index in [-0.39, 0.29) is 17.5 Å². The quantitative estimate of drug-likeness (QED) is 0.744. The van der Waals surface area contributed by atoms with Gasteiger partial charge in [0.25, 0.3) is 0 Å². The van der Waals surface area contributed by atoms with E-state index in [1.807, 2.05) is 0 Å². The van der Waals surface area contributed by atoms with Gasteiger partial charge in [0.1, 0.15) is 23.1 Å². The lowest BCUT2D eigenvalue weighted by Gasteiger charge is -2.09. The number of hydrogen-bond donors (Lipinski definition) is 2. The predicted octanol–water partition coefficient (Wildman–Crippen LogP) is 3.65. The number of aromatic nitrogens is 3. The summed E-state index contributed by atoms with van der Waals surface area (Å²) in [6.45, 7) is 0. The molecule has 0 aliphatic carbocycles. The highest BCUT2D eigenvalue weighted by Crippen LogP contribution is 2.23. The first-order valence-corrected chi connectivity index (χ1v) is 6.97. The van der Waals surface area contributed by atoms with Crippen LogP contribution < -0.4 is 15.4 Å². The fourth-order valence-corrected chi connectivity index (χ4v) is 1.97. The number of benzene rings is 2. The summed E-state index contributed by atoms with van der Waals surface area (Å²) >= 11 is 0. The number of methoxy groups -OCH3 is 1. The van der Waals surface area contributed by atoms with E-state index in [9.17, 15) is 8.78 Å². The average molecular weight is 329 g/mol. The van der Waals surface area contributed by atoms with Gasteiger partial charge >= 0.3 is 0 Å². The summed E-state index contributed by atoms with van der Waals surface area (Å²) in [5.74, 6) is -0.395. The van der Waals surface area contributed by atoms with Crippen LogP contribution in [0.25, 0.3) is 0 Å². The first kappa shape index (κ1) is 15.6. The molecule has 0 fully saturated rings. The third-order valence-electron chi connectivity index (χ3n) is 3.12. The lowest BCUT2D eigenvalue weighted by Crippen LogP contribution is -2.04. The van der Waals surface area contributed by atoms with Crippen LogP contribution in [0.15, 0.2) is 48.7 Å². The lowest BCUT2D eigenvalue weighted by atomic mass is 10.3. The van der Waals surface area contributed by atoms with Gasteiger partial charge in [-0.1, -0.05) is 6.07 Å². The Hall–Kier alpha value is -3.29. The Balaban J connectivity index is 1.78.